The first kappa shape index (κ1) is 11.9. The van der Waals surface area contributed by atoms with Gasteiger partial charge in [0.05, 0.1) is 6.07 Å². The van der Waals surface area contributed by atoms with Crippen LogP contribution in [-0.2, 0) is 0 Å². The zero-order chi connectivity index (χ0) is 11.4. The van der Waals surface area contributed by atoms with Crippen molar-refractivity contribution in [2.24, 2.45) is 5.92 Å². The third-order valence-corrected chi connectivity index (χ3v) is 4.13. The van der Waals surface area contributed by atoms with Crippen molar-refractivity contribution >= 4 is 0 Å². The van der Waals surface area contributed by atoms with Gasteiger partial charge in [0.1, 0.15) is 6.04 Å². The minimum Gasteiger partial charge on any atom is -0.301 e. The first-order chi connectivity index (χ1) is 7.85. The molecule has 0 bridgehead atoms. The Labute approximate surface area is 98.8 Å². The van der Waals surface area contributed by atoms with Crippen LogP contribution in [-0.4, -0.2) is 36.6 Å². The van der Waals surface area contributed by atoms with Crippen molar-refractivity contribution in [3.8, 4) is 6.07 Å². The zero-order valence-electron chi connectivity index (χ0n) is 10.3. The van der Waals surface area contributed by atoms with E-state index in [0.29, 0.717) is 0 Å². The van der Waals surface area contributed by atoms with Crippen LogP contribution >= 0.6 is 0 Å². The predicted molar refractivity (Wildman–Crippen MR) is 65.0 cm³/mol. The molecule has 3 unspecified atom stereocenters. The van der Waals surface area contributed by atoms with Crippen molar-refractivity contribution in [1.29, 1.82) is 5.26 Å². The van der Waals surface area contributed by atoms with Gasteiger partial charge in [0.2, 0.25) is 0 Å². The van der Waals surface area contributed by atoms with E-state index in [9.17, 15) is 0 Å². The fraction of sp³-hybridized carbons (Fsp3) is 0.923. The lowest BCUT2D eigenvalue weighted by molar-refractivity contribution is 0.108. The highest BCUT2D eigenvalue weighted by atomic mass is 15.2. The summed E-state index contributed by atoms with van der Waals surface area (Å²) in [6.07, 6.45) is 6.91. The molecule has 0 spiro atoms. The average Bonchev–Trinajstić information content (AvgIpc) is 2.77. The van der Waals surface area contributed by atoms with Gasteiger partial charge in [-0.15, -0.1) is 0 Å². The summed E-state index contributed by atoms with van der Waals surface area (Å²) in [4.78, 5) is 2.57. The van der Waals surface area contributed by atoms with E-state index in [1.807, 2.05) is 0 Å². The van der Waals surface area contributed by atoms with Gasteiger partial charge < -0.3 is 5.32 Å². The van der Waals surface area contributed by atoms with E-state index in [1.165, 1.54) is 38.6 Å². The molecule has 2 aliphatic rings. The van der Waals surface area contributed by atoms with Gasteiger partial charge in [-0.3, -0.25) is 4.90 Å². The molecule has 1 saturated carbocycles. The van der Waals surface area contributed by atoms with Gasteiger partial charge in [0.25, 0.3) is 0 Å². The summed E-state index contributed by atoms with van der Waals surface area (Å²) in [6.45, 7) is 5.08. The molecule has 1 N–H and O–H groups in total. The van der Waals surface area contributed by atoms with Crippen LogP contribution < -0.4 is 5.32 Å². The average molecular weight is 221 g/mol. The van der Waals surface area contributed by atoms with E-state index in [0.717, 1.165) is 25.0 Å². The molecule has 1 heterocycles. The largest absolute Gasteiger partial charge is 0.301 e. The minimum atomic E-state index is 0.0179. The Morgan fingerprint density at radius 2 is 2.19 bits per heavy atom. The van der Waals surface area contributed by atoms with Gasteiger partial charge in [0, 0.05) is 12.6 Å². The molecule has 3 nitrogen and oxygen atoms in total. The van der Waals surface area contributed by atoms with Gasteiger partial charge in [-0.1, -0.05) is 13.3 Å². The smallest absolute Gasteiger partial charge is 0.108 e. The van der Waals surface area contributed by atoms with Crippen LogP contribution in [0.3, 0.4) is 0 Å². The Hall–Kier alpha value is -0.590. The van der Waals surface area contributed by atoms with Gasteiger partial charge in [0.15, 0.2) is 0 Å². The summed E-state index contributed by atoms with van der Waals surface area (Å²) in [5.74, 6) is 0.926. The molecule has 0 amide bonds. The van der Waals surface area contributed by atoms with Crippen molar-refractivity contribution in [2.45, 2.75) is 51.1 Å². The van der Waals surface area contributed by atoms with Crippen LogP contribution in [0.2, 0.25) is 0 Å². The lowest BCUT2D eigenvalue weighted by Gasteiger charge is -2.38. The van der Waals surface area contributed by atoms with Gasteiger partial charge in [-0.2, -0.15) is 5.26 Å². The molecule has 1 aliphatic heterocycles. The van der Waals surface area contributed by atoms with Crippen LogP contribution in [0.1, 0.15) is 39.0 Å². The van der Waals surface area contributed by atoms with E-state index < -0.39 is 0 Å². The summed E-state index contributed by atoms with van der Waals surface area (Å²) in [5, 5.41) is 12.3. The first-order valence-electron chi connectivity index (χ1n) is 6.72. The Balaban J connectivity index is 1.90. The number of piperidine rings is 1. The van der Waals surface area contributed by atoms with Crippen molar-refractivity contribution in [2.75, 3.05) is 19.6 Å². The first-order valence-corrected chi connectivity index (χ1v) is 6.72. The molecule has 3 atom stereocenters. The third-order valence-electron chi connectivity index (χ3n) is 4.13. The maximum absolute atomic E-state index is 9.09. The number of nitrogens with one attached hydrogen (secondary N) is 1. The van der Waals surface area contributed by atoms with Crippen molar-refractivity contribution < 1.29 is 0 Å². The van der Waals surface area contributed by atoms with Gasteiger partial charge >= 0.3 is 0 Å². The molecular weight excluding hydrogens is 198 g/mol. The van der Waals surface area contributed by atoms with E-state index in [4.69, 9.17) is 5.26 Å². The van der Waals surface area contributed by atoms with E-state index in [-0.39, 0.29) is 6.04 Å². The Morgan fingerprint density at radius 1 is 1.38 bits per heavy atom. The second-order valence-corrected chi connectivity index (χ2v) is 5.13. The molecule has 2 rings (SSSR count). The fourth-order valence-corrected chi connectivity index (χ4v) is 3.42. The Bertz CT molecular complexity index is 258. The topological polar surface area (TPSA) is 39.1 Å². The minimum absolute atomic E-state index is 0.0179. The third kappa shape index (κ3) is 2.56. The van der Waals surface area contributed by atoms with Crippen molar-refractivity contribution in [3.63, 3.8) is 0 Å². The monoisotopic (exact) mass is 221 g/mol. The molecule has 1 saturated heterocycles. The molecule has 2 fully saturated rings. The number of likely N-dealkylation sites (N-methyl/N-ethyl adjacent to an activating group) is 1. The maximum atomic E-state index is 9.09. The van der Waals surface area contributed by atoms with E-state index >= 15 is 0 Å². The SMILES string of the molecule is CCNC(C#N)CN1CCCC2CCCC21. The van der Waals surface area contributed by atoms with Crippen LogP contribution in [0.15, 0.2) is 0 Å². The zero-order valence-corrected chi connectivity index (χ0v) is 10.3. The number of likely N-dealkylation sites (tertiary alicyclic amines) is 1. The number of fused-ring (bicyclic) bond motifs is 1. The van der Waals surface area contributed by atoms with Crippen molar-refractivity contribution in [3.05, 3.63) is 0 Å². The van der Waals surface area contributed by atoms with Gasteiger partial charge in [-0.25, -0.2) is 0 Å². The molecule has 0 aromatic carbocycles. The normalized spacial score (nSPS) is 32.0. The molecule has 0 aromatic rings. The lowest BCUT2D eigenvalue weighted by atomic mass is 9.91. The Morgan fingerprint density at radius 3 is 2.94 bits per heavy atom. The van der Waals surface area contributed by atoms with E-state index in [1.54, 1.807) is 0 Å². The second kappa shape index (κ2) is 5.65. The molecule has 90 valence electrons. The second-order valence-electron chi connectivity index (χ2n) is 5.13. The number of nitriles is 1. The molecule has 1 aliphatic carbocycles. The fourth-order valence-electron chi connectivity index (χ4n) is 3.42. The predicted octanol–water partition coefficient (Wildman–Crippen LogP) is 1.75. The lowest BCUT2D eigenvalue weighted by Crippen LogP contribution is -2.48. The summed E-state index contributed by atoms with van der Waals surface area (Å²) >= 11 is 0. The maximum Gasteiger partial charge on any atom is 0.108 e. The molecule has 16 heavy (non-hydrogen) atoms. The Kier molecular flexibility index (Phi) is 4.20. The van der Waals surface area contributed by atoms with Crippen LogP contribution in [0.4, 0.5) is 0 Å². The number of hydrogen-bond donors (Lipinski definition) is 1. The molecule has 3 heteroatoms. The van der Waals surface area contributed by atoms with Crippen molar-refractivity contribution in [1.82, 2.24) is 10.2 Å². The van der Waals surface area contributed by atoms with Crippen LogP contribution in [0.25, 0.3) is 0 Å². The highest BCUT2D eigenvalue weighted by molar-refractivity contribution is 4.96. The number of hydrogen-bond acceptors (Lipinski definition) is 3. The van der Waals surface area contributed by atoms with Gasteiger partial charge in [-0.05, 0) is 44.7 Å². The highest BCUT2D eigenvalue weighted by Crippen LogP contribution is 2.36. The van der Waals surface area contributed by atoms with E-state index in [2.05, 4.69) is 23.2 Å². The standard InChI is InChI=1S/C13H23N3/c1-2-15-12(9-14)10-16-8-4-6-11-5-3-7-13(11)16/h11-13,15H,2-8,10H2,1H3. The number of nitrogens with zero attached hydrogens (tertiary/aromatic N) is 2. The summed E-state index contributed by atoms with van der Waals surface area (Å²) in [6, 6.07) is 3.18. The van der Waals surface area contributed by atoms with Crippen LogP contribution in [0.5, 0.6) is 0 Å². The number of rotatable bonds is 4. The highest BCUT2D eigenvalue weighted by Gasteiger charge is 2.35. The summed E-state index contributed by atoms with van der Waals surface area (Å²) in [5.41, 5.74) is 0. The quantitative estimate of drug-likeness (QED) is 0.786. The summed E-state index contributed by atoms with van der Waals surface area (Å²) < 4.78 is 0. The molecule has 0 radical (unpaired) electrons. The van der Waals surface area contributed by atoms with Crippen LogP contribution in [0, 0.1) is 17.2 Å². The molecular formula is C13H23N3. The summed E-state index contributed by atoms with van der Waals surface area (Å²) in [7, 11) is 0. The molecule has 0 aromatic heterocycles.